The van der Waals surface area contributed by atoms with Gasteiger partial charge in [-0.05, 0) is 37.8 Å². The number of benzene rings is 1. The van der Waals surface area contributed by atoms with E-state index in [1.54, 1.807) is 0 Å². The number of guanidine groups is 1. The number of morpholine rings is 1. The summed E-state index contributed by atoms with van der Waals surface area (Å²) in [6, 6.07) is 9.97. The van der Waals surface area contributed by atoms with E-state index < -0.39 is 0 Å². The molecule has 6 nitrogen and oxygen atoms in total. The maximum absolute atomic E-state index is 5.90. The number of unbranched alkanes of at least 4 members (excludes halogenated alkanes) is 1. The zero-order chi connectivity index (χ0) is 20.0. The first-order valence-electron chi connectivity index (χ1n) is 10.7. The molecule has 2 rings (SSSR count). The minimum Gasteiger partial charge on any atom is -0.494 e. The van der Waals surface area contributed by atoms with Gasteiger partial charge in [0.15, 0.2) is 5.96 Å². The monoisotopic (exact) mass is 390 g/mol. The highest BCUT2D eigenvalue weighted by Crippen LogP contribution is 2.09. The van der Waals surface area contributed by atoms with Gasteiger partial charge in [-0.15, -0.1) is 0 Å². The zero-order valence-corrected chi connectivity index (χ0v) is 17.8. The van der Waals surface area contributed by atoms with Gasteiger partial charge < -0.3 is 20.1 Å². The lowest BCUT2D eigenvalue weighted by Gasteiger charge is -2.33. The van der Waals surface area contributed by atoms with Crippen LogP contribution in [-0.2, 0) is 4.74 Å². The van der Waals surface area contributed by atoms with Crippen molar-refractivity contribution in [3.63, 3.8) is 0 Å². The van der Waals surface area contributed by atoms with Crippen molar-refractivity contribution in [1.82, 2.24) is 15.5 Å². The predicted octanol–water partition coefficient (Wildman–Crippen LogP) is 2.76. The Balaban J connectivity index is 1.64. The molecule has 1 aromatic carbocycles. The average molecular weight is 391 g/mol. The van der Waals surface area contributed by atoms with Crippen LogP contribution in [0.3, 0.4) is 0 Å². The second-order valence-electron chi connectivity index (χ2n) is 7.66. The van der Waals surface area contributed by atoms with Crippen LogP contribution in [0.5, 0.6) is 5.75 Å². The predicted molar refractivity (Wildman–Crippen MR) is 116 cm³/mol. The topological polar surface area (TPSA) is 58.1 Å². The van der Waals surface area contributed by atoms with E-state index in [1.807, 2.05) is 30.3 Å². The van der Waals surface area contributed by atoms with Crippen LogP contribution in [0.25, 0.3) is 0 Å². The smallest absolute Gasteiger partial charge is 0.191 e. The minimum atomic E-state index is 0.183. The van der Waals surface area contributed by atoms with Crippen LogP contribution in [-0.4, -0.2) is 69.4 Å². The Morgan fingerprint density at radius 2 is 2.07 bits per heavy atom. The number of hydrogen-bond acceptors (Lipinski definition) is 4. The zero-order valence-electron chi connectivity index (χ0n) is 17.8. The molecule has 0 amide bonds. The third kappa shape index (κ3) is 9.42. The Hall–Kier alpha value is -1.79. The van der Waals surface area contributed by atoms with E-state index in [9.17, 15) is 0 Å². The van der Waals surface area contributed by atoms with E-state index in [0.29, 0.717) is 12.5 Å². The molecular formula is C22H38N4O2. The number of hydrogen-bond donors (Lipinski definition) is 2. The van der Waals surface area contributed by atoms with E-state index in [0.717, 1.165) is 70.5 Å². The van der Waals surface area contributed by atoms with Crippen LogP contribution < -0.4 is 15.4 Å². The van der Waals surface area contributed by atoms with E-state index in [4.69, 9.17) is 14.5 Å². The highest BCUT2D eigenvalue weighted by Gasteiger charge is 2.20. The normalized spacial score (nSPS) is 18.3. The van der Waals surface area contributed by atoms with Crippen molar-refractivity contribution in [3.8, 4) is 5.75 Å². The van der Waals surface area contributed by atoms with Crippen LogP contribution in [0.2, 0.25) is 0 Å². The lowest BCUT2D eigenvalue weighted by atomic mass is 10.2. The fraction of sp³-hybridized carbons (Fsp3) is 0.682. The number of aliphatic imine (C=N–C) groups is 1. The van der Waals surface area contributed by atoms with Crippen molar-refractivity contribution < 1.29 is 9.47 Å². The van der Waals surface area contributed by atoms with Crippen molar-refractivity contribution in [1.29, 1.82) is 0 Å². The molecule has 1 atom stereocenters. The molecule has 158 valence electrons. The van der Waals surface area contributed by atoms with Gasteiger partial charge in [0, 0.05) is 32.7 Å². The van der Waals surface area contributed by atoms with Gasteiger partial charge in [-0.3, -0.25) is 9.89 Å². The number of ether oxygens (including phenoxy) is 2. The minimum absolute atomic E-state index is 0.183. The quantitative estimate of drug-likeness (QED) is 0.346. The summed E-state index contributed by atoms with van der Waals surface area (Å²) in [7, 11) is 0. The Labute approximate surface area is 170 Å². The van der Waals surface area contributed by atoms with Gasteiger partial charge in [-0.25, -0.2) is 0 Å². The largest absolute Gasteiger partial charge is 0.494 e. The van der Waals surface area contributed by atoms with Gasteiger partial charge in [0.1, 0.15) is 5.75 Å². The average Bonchev–Trinajstić information content (AvgIpc) is 2.69. The summed E-state index contributed by atoms with van der Waals surface area (Å²) >= 11 is 0. The number of nitrogens with one attached hydrogen (secondary N) is 2. The fourth-order valence-electron chi connectivity index (χ4n) is 3.25. The fourth-order valence-corrected chi connectivity index (χ4v) is 3.25. The summed E-state index contributed by atoms with van der Waals surface area (Å²) in [4.78, 5) is 7.22. The van der Waals surface area contributed by atoms with Crippen LogP contribution in [0.1, 0.15) is 33.6 Å². The lowest BCUT2D eigenvalue weighted by Crippen LogP contribution is -2.46. The molecule has 1 aromatic rings. The van der Waals surface area contributed by atoms with Gasteiger partial charge in [-0.1, -0.05) is 32.0 Å². The molecule has 1 fully saturated rings. The van der Waals surface area contributed by atoms with Crippen LogP contribution in [0, 0.1) is 5.92 Å². The standard InChI is InChI=1S/C22H38N4O2/c1-4-23-22(24-12-8-9-14-27-20-10-6-5-7-11-20)25-16-21-18-26(13-15-28-21)17-19(2)3/h5-7,10-11,19,21H,4,8-9,12-18H2,1-3H3,(H2,23,24,25). The van der Waals surface area contributed by atoms with E-state index in [-0.39, 0.29) is 6.10 Å². The summed E-state index contributed by atoms with van der Waals surface area (Å²) in [6.07, 6.45) is 2.23. The number of rotatable bonds is 11. The van der Waals surface area contributed by atoms with Gasteiger partial charge >= 0.3 is 0 Å². The van der Waals surface area contributed by atoms with Crippen molar-refractivity contribution in [3.05, 3.63) is 30.3 Å². The second kappa shape index (κ2) is 13.4. The maximum atomic E-state index is 5.90. The summed E-state index contributed by atoms with van der Waals surface area (Å²) < 4.78 is 11.6. The first-order chi connectivity index (χ1) is 13.7. The van der Waals surface area contributed by atoms with E-state index in [2.05, 4.69) is 36.3 Å². The van der Waals surface area contributed by atoms with Crippen molar-refractivity contribution >= 4 is 5.96 Å². The molecule has 1 aliphatic heterocycles. The molecule has 1 unspecified atom stereocenters. The summed E-state index contributed by atoms with van der Waals surface area (Å²) in [5.41, 5.74) is 0. The Morgan fingerprint density at radius 3 is 2.82 bits per heavy atom. The molecule has 28 heavy (non-hydrogen) atoms. The molecule has 0 spiro atoms. The third-order valence-electron chi connectivity index (χ3n) is 4.52. The molecule has 0 saturated carbocycles. The van der Waals surface area contributed by atoms with Gasteiger partial charge in [-0.2, -0.15) is 0 Å². The maximum Gasteiger partial charge on any atom is 0.191 e. The molecule has 0 radical (unpaired) electrons. The SMILES string of the molecule is CCNC(=NCC1CN(CC(C)C)CCO1)NCCCCOc1ccccc1. The molecule has 0 aliphatic carbocycles. The molecule has 1 aliphatic rings. The van der Waals surface area contributed by atoms with Crippen LogP contribution >= 0.6 is 0 Å². The van der Waals surface area contributed by atoms with E-state index in [1.165, 1.54) is 0 Å². The summed E-state index contributed by atoms with van der Waals surface area (Å²) in [6.45, 7) is 13.7. The molecule has 2 N–H and O–H groups in total. The first kappa shape index (κ1) is 22.5. The van der Waals surface area contributed by atoms with Crippen molar-refractivity contribution in [2.75, 3.05) is 52.5 Å². The Morgan fingerprint density at radius 1 is 1.25 bits per heavy atom. The molecular weight excluding hydrogens is 352 g/mol. The number of nitrogens with zero attached hydrogens (tertiary/aromatic N) is 2. The Kier molecular flexibility index (Phi) is 10.8. The van der Waals surface area contributed by atoms with Gasteiger partial charge in [0.25, 0.3) is 0 Å². The van der Waals surface area contributed by atoms with Gasteiger partial charge in [0.2, 0.25) is 0 Å². The van der Waals surface area contributed by atoms with Crippen LogP contribution in [0.15, 0.2) is 35.3 Å². The first-order valence-corrected chi connectivity index (χ1v) is 10.7. The van der Waals surface area contributed by atoms with Crippen LogP contribution in [0.4, 0.5) is 0 Å². The molecule has 6 heteroatoms. The van der Waals surface area contributed by atoms with Crippen molar-refractivity contribution in [2.24, 2.45) is 10.9 Å². The summed E-state index contributed by atoms with van der Waals surface area (Å²) in [5.74, 6) is 2.49. The number of para-hydroxylation sites is 1. The molecule has 1 heterocycles. The highest BCUT2D eigenvalue weighted by molar-refractivity contribution is 5.79. The lowest BCUT2D eigenvalue weighted by molar-refractivity contribution is -0.0261. The summed E-state index contributed by atoms with van der Waals surface area (Å²) in [5, 5.41) is 6.74. The van der Waals surface area contributed by atoms with E-state index >= 15 is 0 Å². The molecule has 1 saturated heterocycles. The second-order valence-corrected chi connectivity index (χ2v) is 7.66. The molecule has 0 aromatic heterocycles. The highest BCUT2D eigenvalue weighted by atomic mass is 16.5. The van der Waals surface area contributed by atoms with Gasteiger partial charge in [0.05, 0.1) is 25.9 Å². The van der Waals surface area contributed by atoms with Crippen molar-refractivity contribution in [2.45, 2.75) is 39.7 Å². The molecule has 0 bridgehead atoms. The Bertz CT molecular complexity index is 551. The third-order valence-corrected chi connectivity index (χ3v) is 4.52.